The predicted molar refractivity (Wildman–Crippen MR) is 82.4 cm³/mol. The summed E-state index contributed by atoms with van der Waals surface area (Å²) < 4.78 is 7.74. The molecule has 0 unspecified atom stereocenters. The van der Waals surface area contributed by atoms with Crippen LogP contribution < -0.4 is 0 Å². The highest BCUT2D eigenvalue weighted by atomic mass is 16.5. The quantitative estimate of drug-likeness (QED) is 0.880. The minimum Gasteiger partial charge on any atom is -0.392 e. The molecule has 4 nitrogen and oxygen atoms in total. The third-order valence-electron chi connectivity index (χ3n) is 6.09. The summed E-state index contributed by atoms with van der Waals surface area (Å²) in [7, 11) is 0. The van der Waals surface area contributed by atoms with Crippen molar-refractivity contribution in [2.75, 3.05) is 13.2 Å². The summed E-state index contributed by atoms with van der Waals surface area (Å²) in [6, 6.07) is 8.78. The Morgan fingerprint density at radius 3 is 2.86 bits per heavy atom. The third kappa shape index (κ3) is 1.52. The Bertz CT molecular complexity index is 717. The van der Waals surface area contributed by atoms with Crippen molar-refractivity contribution in [3.8, 4) is 11.3 Å². The number of aliphatic hydroxyl groups is 1. The van der Waals surface area contributed by atoms with Gasteiger partial charge in [-0.25, -0.2) is 4.98 Å². The van der Waals surface area contributed by atoms with Gasteiger partial charge in [0.1, 0.15) is 0 Å². The van der Waals surface area contributed by atoms with Gasteiger partial charge in [0, 0.05) is 30.1 Å². The Morgan fingerprint density at radius 2 is 2.05 bits per heavy atom. The Labute approximate surface area is 129 Å². The molecule has 1 aliphatic carbocycles. The zero-order valence-electron chi connectivity index (χ0n) is 12.5. The molecule has 0 amide bonds. The van der Waals surface area contributed by atoms with E-state index in [2.05, 4.69) is 33.8 Å². The Morgan fingerprint density at radius 1 is 1.23 bits per heavy atom. The van der Waals surface area contributed by atoms with Gasteiger partial charge in [-0.2, -0.15) is 0 Å². The lowest BCUT2D eigenvalue weighted by Crippen LogP contribution is -2.57. The molecule has 2 aliphatic heterocycles. The molecule has 1 saturated carbocycles. The van der Waals surface area contributed by atoms with Crippen LogP contribution in [0.25, 0.3) is 11.3 Å². The predicted octanol–water partition coefficient (Wildman–Crippen LogP) is 2.63. The molecule has 1 spiro atoms. The van der Waals surface area contributed by atoms with Crippen LogP contribution in [0.15, 0.2) is 36.8 Å². The van der Waals surface area contributed by atoms with Gasteiger partial charge in [0.25, 0.3) is 0 Å². The largest absolute Gasteiger partial charge is 0.392 e. The van der Waals surface area contributed by atoms with Crippen molar-refractivity contribution in [2.45, 2.75) is 31.4 Å². The first-order valence-electron chi connectivity index (χ1n) is 8.17. The van der Waals surface area contributed by atoms with Crippen LogP contribution >= 0.6 is 0 Å². The van der Waals surface area contributed by atoms with Gasteiger partial charge in [-0.1, -0.05) is 24.3 Å². The summed E-state index contributed by atoms with van der Waals surface area (Å²) in [6.45, 7) is 1.59. The summed E-state index contributed by atoms with van der Waals surface area (Å²) >= 11 is 0. The number of rotatable bonds is 1. The minimum absolute atomic E-state index is 0.0984. The SMILES string of the molecule is O[C@@H]1[C@H]([C@H]2c3ccccc3-c3cncn32)CC12CCOCC2. The van der Waals surface area contributed by atoms with Crippen molar-refractivity contribution in [3.05, 3.63) is 42.4 Å². The summed E-state index contributed by atoms with van der Waals surface area (Å²) in [4.78, 5) is 4.32. The molecule has 4 heteroatoms. The van der Waals surface area contributed by atoms with Crippen LogP contribution in [-0.4, -0.2) is 34.0 Å². The maximum absolute atomic E-state index is 10.9. The zero-order chi connectivity index (χ0) is 14.7. The molecule has 2 fully saturated rings. The van der Waals surface area contributed by atoms with Crippen LogP contribution in [0.2, 0.25) is 0 Å². The highest BCUT2D eigenvalue weighted by Gasteiger charge is 2.57. The first-order chi connectivity index (χ1) is 10.8. The highest BCUT2D eigenvalue weighted by Crippen LogP contribution is 2.59. The van der Waals surface area contributed by atoms with Crippen molar-refractivity contribution < 1.29 is 9.84 Å². The van der Waals surface area contributed by atoms with Gasteiger partial charge in [-0.15, -0.1) is 0 Å². The maximum Gasteiger partial charge on any atom is 0.0956 e. The summed E-state index contributed by atoms with van der Waals surface area (Å²) in [6.07, 6.45) is 6.71. The zero-order valence-corrected chi connectivity index (χ0v) is 12.5. The number of ether oxygens (including phenoxy) is 1. The molecule has 1 N–H and O–H groups in total. The van der Waals surface area contributed by atoms with Crippen LogP contribution in [-0.2, 0) is 4.74 Å². The van der Waals surface area contributed by atoms with Gasteiger partial charge >= 0.3 is 0 Å². The van der Waals surface area contributed by atoms with Crippen LogP contribution in [0.4, 0.5) is 0 Å². The summed E-state index contributed by atoms with van der Waals surface area (Å²) in [5, 5.41) is 10.9. The van der Waals surface area contributed by atoms with E-state index in [9.17, 15) is 5.11 Å². The highest BCUT2D eigenvalue weighted by molar-refractivity contribution is 5.69. The normalized spacial score (nSPS) is 31.6. The number of benzene rings is 1. The number of aliphatic hydroxyl groups excluding tert-OH is 1. The first-order valence-corrected chi connectivity index (χ1v) is 8.17. The molecule has 2 aromatic rings. The van der Waals surface area contributed by atoms with E-state index < -0.39 is 0 Å². The minimum atomic E-state index is -0.234. The van der Waals surface area contributed by atoms with Crippen LogP contribution in [0.5, 0.6) is 0 Å². The van der Waals surface area contributed by atoms with Crippen molar-refractivity contribution in [3.63, 3.8) is 0 Å². The van der Waals surface area contributed by atoms with E-state index in [0.29, 0.717) is 0 Å². The maximum atomic E-state index is 10.9. The second-order valence-electron chi connectivity index (χ2n) is 7.01. The molecule has 3 atom stereocenters. The van der Waals surface area contributed by atoms with E-state index in [1.165, 1.54) is 16.8 Å². The van der Waals surface area contributed by atoms with E-state index >= 15 is 0 Å². The number of aromatic nitrogens is 2. The monoisotopic (exact) mass is 296 g/mol. The Balaban J connectivity index is 1.52. The molecule has 0 radical (unpaired) electrons. The van der Waals surface area contributed by atoms with Crippen LogP contribution in [0, 0.1) is 11.3 Å². The number of fused-ring (bicyclic) bond motifs is 3. The van der Waals surface area contributed by atoms with Gasteiger partial charge < -0.3 is 14.4 Å². The van der Waals surface area contributed by atoms with E-state index in [4.69, 9.17) is 4.74 Å². The van der Waals surface area contributed by atoms with Crippen LogP contribution in [0.3, 0.4) is 0 Å². The molecule has 0 bridgehead atoms. The van der Waals surface area contributed by atoms with Crippen molar-refractivity contribution in [2.24, 2.45) is 11.3 Å². The fourth-order valence-corrected chi connectivity index (χ4v) is 4.87. The van der Waals surface area contributed by atoms with Crippen molar-refractivity contribution in [1.29, 1.82) is 0 Å². The molecular formula is C18H20N2O2. The standard InChI is InChI=1S/C18H20N2O2/c21-17-14(9-18(17)5-7-22-8-6-18)16-13-4-2-1-3-12(13)15-10-19-11-20(15)16/h1-4,10-11,14,16-17,21H,5-9H2/t14-,16+,17+/m0/s1. The van der Waals surface area contributed by atoms with Gasteiger partial charge in [0.05, 0.1) is 30.4 Å². The molecule has 3 heterocycles. The Kier molecular flexibility index (Phi) is 2.59. The lowest BCUT2D eigenvalue weighted by Gasteiger charge is -2.56. The number of imidazole rings is 1. The molecule has 5 rings (SSSR count). The summed E-state index contributed by atoms with van der Waals surface area (Å²) in [5.74, 6) is 0.287. The number of hydrogen-bond donors (Lipinski definition) is 1. The second-order valence-corrected chi connectivity index (χ2v) is 7.01. The fourth-order valence-electron chi connectivity index (χ4n) is 4.87. The molecule has 1 aromatic heterocycles. The lowest BCUT2D eigenvalue weighted by atomic mass is 9.53. The topological polar surface area (TPSA) is 47.3 Å². The molecular weight excluding hydrogens is 276 g/mol. The van der Waals surface area contributed by atoms with Gasteiger partial charge in [0.15, 0.2) is 0 Å². The summed E-state index contributed by atoms with van der Waals surface area (Å²) in [5.41, 5.74) is 3.89. The number of nitrogens with zero attached hydrogens (tertiary/aromatic N) is 2. The van der Waals surface area contributed by atoms with Crippen molar-refractivity contribution >= 4 is 0 Å². The van der Waals surface area contributed by atoms with E-state index in [1.807, 2.05) is 12.5 Å². The average molecular weight is 296 g/mol. The average Bonchev–Trinajstić information content (AvgIpc) is 3.14. The first kappa shape index (κ1) is 12.9. The van der Waals surface area contributed by atoms with Gasteiger partial charge in [-0.3, -0.25) is 0 Å². The second kappa shape index (κ2) is 4.43. The van der Waals surface area contributed by atoms with E-state index in [1.54, 1.807) is 0 Å². The fraction of sp³-hybridized carbons (Fsp3) is 0.500. The molecule has 1 saturated heterocycles. The van der Waals surface area contributed by atoms with Crippen molar-refractivity contribution in [1.82, 2.24) is 9.55 Å². The molecule has 1 aromatic carbocycles. The Hall–Kier alpha value is -1.65. The number of hydrogen-bond acceptors (Lipinski definition) is 3. The van der Waals surface area contributed by atoms with Gasteiger partial charge in [-0.05, 0) is 24.8 Å². The third-order valence-corrected chi connectivity index (χ3v) is 6.09. The molecule has 3 aliphatic rings. The smallest absolute Gasteiger partial charge is 0.0956 e. The van der Waals surface area contributed by atoms with E-state index in [0.717, 1.165) is 32.5 Å². The van der Waals surface area contributed by atoms with E-state index in [-0.39, 0.29) is 23.5 Å². The lowest BCUT2D eigenvalue weighted by molar-refractivity contribution is -0.173. The molecule has 22 heavy (non-hydrogen) atoms. The van der Waals surface area contributed by atoms with Crippen LogP contribution in [0.1, 0.15) is 30.9 Å². The molecule has 114 valence electrons. The van der Waals surface area contributed by atoms with Gasteiger partial charge in [0.2, 0.25) is 0 Å².